The normalized spacial score (nSPS) is 10.8. The van der Waals surface area contributed by atoms with E-state index in [0.29, 0.717) is 11.3 Å². The van der Waals surface area contributed by atoms with Gasteiger partial charge in [0, 0.05) is 17.3 Å². The van der Waals surface area contributed by atoms with E-state index in [2.05, 4.69) is 4.98 Å². The standard InChI is InChI=1S/C17H13FN2O4/c1-8-7-11-13(16(21)20-8)12(9-3-5-10(18)6-4-9)14(15(19)24-11)17(22)23-2/h3-7,19H,1-2H3,(H,20,21). The number of hydrogen-bond acceptors (Lipinski definition) is 5. The molecule has 0 unspecified atom stereocenters. The molecule has 2 aromatic heterocycles. The number of carbonyl (C=O) groups is 1. The fourth-order valence-electron chi connectivity index (χ4n) is 2.58. The maximum Gasteiger partial charge on any atom is 0.344 e. The Morgan fingerprint density at radius 1 is 1.29 bits per heavy atom. The average molecular weight is 328 g/mol. The summed E-state index contributed by atoms with van der Waals surface area (Å²) in [6.07, 6.45) is 0. The van der Waals surface area contributed by atoms with E-state index in [0.717, 1.165) is 0 Å². The monoisotopic (exact) mass is 328 g/mol. The number of aromatic nitrogens is 1. The minimum atomic E-state index is -0.815. The lowest BCUT2D eigenvalue weighted by Gasteiger charge is -2.11. The van der Waals surface area contributed by atoms with Crippen molar-refractivity contribution in [3.8, 4) is 11.1 Å². The van der Waals surface area contributed by atoms with Crippen LogP contribution in [-0.2, 0) is 4.74 Å². The second kappa shape index (κ2) is 5.77. The zero-order chi connectivity index (χ0) is 17.4. The van der Waals surface area contributed by atoms with Crippen LogP contribution in [0.4, 0.5) is 4.39 Å². The summed E-state index contributed by atoms with van der Waals surface area (Å²) in [5.41, 5.74) is 0.192. The van der Waals surface area contributed by atoms with E-state index in [9.17, 15) is 14.0 Å². The van der Waals surface area contributed by atoms with Gasteiger partial charge in [-0.1, -0.05) is 12.1 Å². The molecule has 0 amide bonds. The Morgan fingerprint density at radius 2 is 1.96 bits per heavy atom. The number of pyridine rings is 1. The molecule has 7 heteroatoms. The molecule has 0 bridgehead atoms. The van der Waals surface area contributed by atoms with Gasteiger partial charge in [-0.2, -0.15) is 0 Å². The molecule has 0 atom stereocenters. The number of H-pyrrole nitrogens is 1. The van der Waals surface area contributed by atoms with Crippen molar-refractivity contribution in [3.63, 3.8) is 0 Å². The van der Waals surface area contributed by atoms with Crippen molar-refractivity contribution < 1.29 is 18.3 Å². The molecular weight excluding hydrogens is 315 g/mol. The van der Waals surface area contributed by atoms with E-state index in [1.165, 1.54) is 31.4 Å². The Morgan fingerprint density at radius 3 is 2.58 bits per heavy atom. The molecule has 0 fully saturated rings. The molecule has 0 aliphatic heterocycles. The van der Waals surface area contributed by atoms with Crippen LogP contribution in [-0.4, -0.2) is 18.1 Å². The van der Waals surface area contributed by atoms with Gasteiger partial charge in [-0.3, -0.25) is 10.2 Å². The first kappa shape index (κ1) is 15.7. The molecule has 2 heterocycles. The topological polar surface area (TPSA) is 96.2 Å². The SMILES string of the molecule is COC(=O)c1c(-c2ccc(F)cc2)c2c(=O)[nH]c(C)cc2oc1=N. The number of ether oxygens (including phenoxy) is 1. The number of nitrogens with one attached hydrogen (secondary N) is 2. The number of benzene rings is 1. The van der Waals surface area contributed by atoms with Gasteiger partial charge in [0.15, 0.2) is 0 Å². The van der Waals surface area contributed by atoms with Crippen molar-refractivity contribution in [1.29, 1.82) is 5.41 Å². The Labute approximate surface area is 135 Å². The van der Waals surface area contributed by atoms with E-state index in [-0.39, 0.29) is 22.1 Å². The zero-order valence-electron chi connectivity index (χ0n) is 12.9. The van der Waals surface area contributed by atoms with E-state index in [4.69, 9.17) is 14.6 Å². The van der Waals surface area contributed by atoms with Crippen LogP contribution in [0.3, 0.4) is 0 Å². The summed E-state index contributed by atoms with van der Waals surface area (Å²) in [6.45, 7) is 1.67. The van der Waals surface area contributed by atoms with E-state index in [1.54, 1.807) is 13.0 Å². The van der Waals surface area contributed by atoms with Crippen LogP contribution in [0.1, 0.15) is 16.1 Å². The van der Waals surface area contributed by atoms with Crippen molar-refractivity contribution >= 4 is 16.9 Å². The molecule has 3 aromatic rings. The molecule has 0 saturated heterocycles. The van der Waals surface area contributed by atoms with Crippen LogP contribution < -0.4 is 11.1 Å². The highest BCUT2D eigenvalue weighted by atomic mass is 19.1. The summed E-state index contributed by atoms with van der Waals surface area (Å²) in [5, 5.41) is 8.11. The van der Waals surface area contributed by atoms with Gasteiger partial charge in [-0.25, -0.2) is 9.18 Å². The zero-order valence-corrected chi connectivity index (χ0v) is 12.9. The van der Waals surface area contributed by atoms with Gasteiger partial charge in [0.2, 0.25) is 5.55 Å². The van der Waals surface area contributed by atoms with Crippen molar-refractivity contribution in [2.24, 2.45) is 0 Å². The number of aryl methyl sites for hydroxylation is 1. The molecule has 0 aliphatic rings. The summed E-state index contributed by atoms with van der Waals surface area (Å²) in [5.74, 6) is -1.27. The highest BCUT2D eigenvalue weighted by Gasteiger charge is 2.23. The van der Waals surface area contributed by atoms with E-state index < -0.39 is 22.9 Å². The maximum atomic E-state index is 13.2. The summed E-state index contributed by atoms with van der Waals surface area (Å²) < 4.78 is 23.3. The van der Waals surface area contributed by atoms with Crippen molar-refractivity contribution in [1.82, 2.24) is 4.98 Å². The quantitative estimate of drug-likeness (QED) is 0.706. The lowest BCUT2D eigenvalue weighted by atomic mass is 9.97. The number of esters is 1. The average Bonchev–Trinajstić information content (AvgIpc) is 2.53. The Balaban J connectivity index is 2.55. The van der Waals surface area contributed by atoms with Crippen LogP contribution >= 0.6 is 0 Å². The van der Waals surface area contributed by atoms with E-state index >= 15 is 0 Å². The molecule has 122 valence electrons. The highest BCUT2D eigenvalue weighted by molar-refractivity contribution is 6.05. The molecule has 2 N–H and O–H groups in total. The van der Waals surface area contributed by atoms with Crippen LogP contribution in [0.2, 0.25) is 0 Å². The number of fused-ring (bicyclic) bond motifs is 1. The molecule has 0 spiro atoms. The molecule has 6 nitrogen and oxygen atoms in total. The first-order valence-corrected chi connectivity index (χ1v) is 7.02. The van der Waals surface area contributed by atoms with Crippen molar-refractivity contribution in [2.75, 3.05) is 7.11 Å². The molecule has 1 aromatic carbocycles. The number of hydrogen-bond donors (Lipinski definition) is 2. The summed E-state index contributed by atoms with van der Waals surface area (Å²) in [7, 11) is 1.17. The predicted molar refractivity (Wildman–Crippen MR) is 84.2 cm³/mol. The number of halogens is 1. The van der Waals surface area contributed by atoms with Crippen LogP contribution in [0.15, 0.2) is 39.5 Å². The lowest BCUT2D eigenvalue weighted by Crippen LogP contribution is -2.20. The van der Waals surface area contributed by atoms with Crippen molar-refractivity contribution in [2.45, 2.75) is 6.92 Å². The molecule has 0 saturated carbocycles. The highest BCUT2D eigenvalue weighted by Crippen LogP contribution is 2.29. The molecule has 3 rings (SSSR count). The molecule has 0 aliphatic carbocycles. The summed E-state index contributed by atoms with van der Waals surface area (Å²) >= 11 is 0. The van der Waals surface area contributed by atoms with E-state index in [1.807, 2.05) is 0 Å². The van der Waals surface area contributed by atoms with Crippen molar-refractivity contribution in [3.05, 3.63) is 63.3 Å². The fourth-order valence-corrected chi connectivity index (χ4v) is 2.58. The number of aromatic amines is 1. The Hall–Kier alpha value is -3.22. The van der Waals surface area contributed by atoms with Gasteiger partial charge in [0.05, 0.1) is 12.5 Å². The number of rotatable bonds is 2. The Bertz CT molecular complexity index is 1060. The first-order valence-electron chi connectivity index (χ1n) is 7.02. The first-order chi connectivity index (χ1) is 11.4. The van der Waals surface area contributed by atoms with Crippen LogP contribution in [0, 0.1) is 18.2 Å². The maximum absolute atomic E-state index is 13.2. The lowest BCUT2D eigenvalue weighted by molar-refractivity contribution is 0.0596. The second-order valence-electron chi connectivity index (χ2n) is 5.20. The number of carbonyl (C=O) groups excluding carboxylic acids is 1. The van der Waals surface area contributed by atoms with Crippen LogP contribution in [0.5, 0.6) is 0 Å². The minimum absolute atomic E-state index is 0.101. The third-order valence-electron chi connectivity index (χ3n) is 3.59. The largest absolute Gasteiger partial charge is 0.465 e. The predicted octanol–water partition coefficient (Wildman–Crippen LogP) is 2.50. The smallest absolute Gasteiger partial charge is 0.344 e. The number of methoxy groups -OCH3 is 1. The minimum Gasteiger partial charge on any atom is -0.465 e. The third-order valence-corrected chi connectivity index (χ3v) is 3.59. The fraction of sp³-hybridized carbons (Fsp3) is 0.118. The molecular formula is C17H13FN2O4. The Kier molecular flexibility index (Phi) is 3.76. The van der Waals surface area contributed by atoms with Gasteiger partial charge in [-0.15, -0.1) is 0 Å². The van der Waals surface area contributed by atoms with Gasteiger partial charge >= 0.3 is 5.97 Å². The summed E-state index contributed by atoms with van der Waals surface area (Å²) in [6, 6.07) is 6.82. The van der Waals surface area contributed by atoms with Gasteiger partial charge in [-0.05, 0) is 24.6 Å². The second-order valence-corrected chi connectivity index (χ2v) is 5.20. The molecule has 0 radical (unpaired) electrons. The van der Waals surface area contributed by atoms with Gasteiger partial charge in [0.25, 0.3) is 5.56 Å². The third kappa shape index (κ3) is 2.50. The summed E-state index contributed by atoms with van der Waals surface area (Å²) in [4.78, 5) is 27.2. The molecule has 24 heavy (non-hydrogen) atoms. The van der Waals surface area contributed by atoms with Gasteiger partial charge in [0.1, 0.15) is 17.0 Å². The van der Waals surface area contributed by atoms with Gasteiger partial charge < -0.3 is 14.1 Å². The van der Waals surface area contributed by atoms with Crippen LogP contribution in [0.25, 0.3) is 22.1 Å².